The molecule has 96 valence electrons. The van der Waals surface area contributed by atoms with Crippen molar-refractivity contribution < 1.29 is 19.7 Å². The van der Waals surface area contributed by atoms with Crippen molar-refractivity contribution in [2.24, 2.45) is 0 Å². The number of benzene rings is 1. The van der Waals surface area contributed by atoms with E-state index in [0.717, 1.165) is 0 Å². The summed E-state index contributed by atoms with van der Waals surface area (Å²) in [6, 6.07) is 6.25. The Morgan fingerprint density at radius 1 is 1.56 bits per heavy atom. The van der Waals surface area contributed by atoms with Gasteiger partial charge in [0.05, 0.1) is 12.2 Å². The first-order chi connectivity index (χ1) is 8.52. The number of esters is 1. The van der Waals surface area contributed by atoms with Gasteiger partial charge in [0.15, 0.2) is 6.10 Å². The number of anilines is 1. The van der Waals surface area contributed by atoms with Gasteiger partial charge in [0.25, 0.3) is 0 Å². The molecule has 0 aromatic heterocycles. The average Bonchev–Trinajstić information content (AvgIpc) is 2.37. The smallest absolute Gasteiger partial charge is 0.338 e. The fourth-order valence-corrected chi connectivity index (χ4v) is 1.49. The van der Waals surface area contributed by atoms with Crippen LogP contribution in [0.2, 0.25) is 0 Å². The monoisotopic (exact) mass is 250 g/mol. The van der Waals surface area contributed by atoms with E-state index in [0.29, 0.717) is 0 Å². The Morgan fingerprint density at radius 3 is 2.78 bits per heavy atom. The second-order valence-electron chi connectivity index (χ2n) is 3.56. The van der Waals surface area contributed by atoms with E-state index in [1.54, 1.807) is 6.92 Å². The van der Waals surface area contributed by atoms with Gasteiger partial charge in [-0.25, -0.2) is 4.79 Å². The summed E-state index contributed by atoms with van der Waals surface area (Å²) >= 11 is 0. The average molecular weight is 250 g/mol. The van der Waals surface area contributed by atoms with E-state index in [9.17, 15) is 15.0 Å². The molecular weight excluding hydrogens is 236 g/mol. The predicted molar refractivity (Wildman–Crippen MR) is 63.2 cm³/mol. The zero-order valence-electron chi connectivity index (χ0n) is 9.83. The van der Waals surface area contributed by atoms with Gasteiger partial charge in [-0.05, 0) is 13.0 Å². The highest BCUT2D eigenvalue weighted by Crippen LogP contribution is 2.25. The van der Waals surface area contributed by atoms with Gasteiger partial charge in [0.1, 0.15) is 12.2 Å². The van der Waals surface area contributed by atoms with Gasteiger partial charge in [-0.1, -0.05) is 12.1 Å². The Labute approximate surface area is 104 Å². The van der Waals surface area contributed by atoms with E-state index < -0.39 is 18.2 Å². The third-order valence-corrected chi connectivity index (χ3v) is 2.39. The first-order valence-electron chi connectivity index (χ1n) is 5.34. The van der Waals surface area contributed by atoms with E-state index in [1.807, 2.05) is 6.07 Å². The highest BCUT2D eigenvalue weighted by atomic mass is 16.5. The standard InChI is InChI=1S/C12H14N2O4/c1-2-18-12(17)11(16)10(15)7-4-3-5-9(14)8(7)6-13/h3-5,10-11,15-16H,2,14H2,1H3. The summed E-state index contributed by atoms with van der Waals surface area (Å²) in [5, 5.41) is 28.4. The Balaban J connectivity index is 3.04. The second kappa shape index (κ2) is 6.00. The van der Waals surface area contributed by atoms with E-state index in [2.05, 4.69) is 4.74 Å². The first-order valence-corrected chi connectivity index (χ1v) is 5.34. The van der Waals surface area contributed by atoms with Crippen LogP contribution >= 0.6 is 0 Å². The largest absolute Gasteiger partial charge is 0.464 e. The van der Waals surface area contributed by atoms with Gasteiger partial charge in [0.2, 0.25) is 0 Å². The zero-order chi connectivity index (χ0) is 13.7. The lowest BCUT2D eigenvalue weighted by Crippen LogP contribution is -2.30. The summed E-state index contributed by atoms with van der Waals surface area (Å²) in [7, 11) is 0. The van der Waals surface area contributed by atoms with Gasteiger partial charge in [0, 0.05) is 11.3 Å². The number of nitrogen functional groups attached to an aromatic ring is 1. The minimum Gasteiger partial charge on any atom is -0.464 e. The topological polar surface area (TPSA) is 117 Å². The van der Waals surface area contributed by atoms with Crippen LogP contribution < -0.4 is 5.73 Å². The van der Waals surface area contributed by atoms with Gasteiger partial charge in [-0.3, -0.25) is 0 Å². The molecule has 0 saturated heterocycles. The summed E-state index contributed by atoms with van der Waals surface area (Å²) in [4.78, 5) is 11.3. The normalized spacial score (nSPS) is 13.4. The van der Waals surface area contributed by atoms with Gasteiger partial charge < -0.3 is 20.7 Å². The molecule has 1 aromatic rings. The number of nitriles is 1. The van der Waals surface area contributed by atoms with E-state index >= 15 is 0 Å². The van der Waals surface area contributed by atoms with Crippen molar-refractivity contribution in [1.29, 1.82) is 5.26 Å². The summed E-state index contributed by atoms with van der Waals surface area (Å²) in [5.74, 6) is -0.948. The minimum atomic E-state index is -1.75. The molecule has 1 aromatic carbocycles. The number of aliphatic hydroxyl groups is 2. The number of carbonyl (C=O) groups is 1. The molecule has 0 radical (unpaired) electrons. The van der Waals surface area contributed by atoms with Crippen LogP contribution in [-0.2, 0) is 9.53 Å². The van der Waals surface area contributed by atoms with Crippen LogP contribution in [0.3, 0.4) is 0 Å². The molecule has 0 saturated carbocycles. The number of rotatable bonds is 4. The van der Waals surface area contributed by atoms with Crippen molar-refractivity contribution in [2.45, 2.75) is 19.1 Å². The van der Waals surface area contributed by atoms with E-state index in [-0.39, 0.29) is 23.4 Å². The lowest BCUT2D eigenvalue weighted by atomic mass is 9.98. The number of nitrogens with two attached hydrogens (primary N) is 1. The number of aliphatic hydroxyl groups excluding tert-OH is 2. The quantitative estimate of drug-likeness (QED) is 0.515. The number of hydrogen-bond donors (Lipinski definition) is 3. The Bertz CT molecular complexity index is 481. The van der Waals surface area contributed by atoms with E-state index in [4.69, 9.17) is 11.0 Å². The van der Waals surface area contributed by atoms with Gasteiger partial charge in [-0.2, -0.15) is 5.26 Å². The van der Waals surface area contributed by atoms with Crippen molar-refractivity contribution in [3.8, 4) is 6.07 Å². The Morgan fingerprint density at radius 2 is 2.22 bits per heavy atom. The maximum atomic E-state index is 11.3. The summed E-state index contributed by atoms with van der Waals surface area (Å²) in [6.45, 7) is 1.67. The van der Waals surface area contributed by atoms with Crippen molar-refractivity contribution in [3.63, 3.8) is 0 Å². The molecule has 0 aliphatic carbocycles. The van der Waals surface area contributed by atoms with Crippen molar-refractivity contribution in [3.05, 3.63) is 29.3 Å². The molecule has 0 bridgehead atoms. The maximum absolute atomic E-state index is 11.3. The van der Waals surface area contributed by atoms with Crippen LogP contribution in [0.1, 0.15) is 24.2 Å². The second-order valence-corrected chi connectivity index (χ2v) is 3.56. The summed E-state index contributed by atoms with van der Waals surface area (Å²) < 4.78 is 4.59. The number of hydrogen-bond acceptors (Lipinski definition) is 6. The molecule has 18 heavy (non-hydrogen) atoms. The van der Waals surface area contributed by atoms with Gasteiger partial charge >= 0.3 is 5.97 Å². The first kappa shape index (κ1) is 14.0. The molecule has 0 aliphatic heterocycles. The highest BCUT2D eigenvalue weighted by Gasteiger charge is 2.29. The third kappa shape index (κ3) is 2.77. The molecular formula is C12H14N2O4. The summed E-state index contributed by atoms with van der Waals surface area (Å²) in [5.41, 5.74) is 5.88. The van der Waals surface area contributed by atoms with Crippen LogP contribution in [0, 0.1) is 11.3 Å². The third-order valence-electron chi connectivity index (χ3n) is 2.39. The van der Waals surface area contributed by atoms with Crippen LogP contribution in [0.5, 0.6) is 0 Å². The molecule has 2 atom stereocenters. The Hall–Kier alpha value is -2.10. The van der Waals surface area contributed by atoms with Crippen molar-refractivity contribution in [1.82, 2.24) is 0 Å². The number of nitrogens with zero attached hydrogens (tertiary/aromatic N) is 1. The number of carbonyl (C=O) groups excluding carboxylic acids is 1. The van der Waals surface area contributed by atoms with E-state index in [1.165, 1.54) is 18.2 Å². The molecule has 4 N–H and O–H groups in total. The number of ether oxygens (including phenoxy) is 1. The predicted octanol–water partition coefficient (Wildman–Crippen LogP) is 0.0979. The molecule has 6 heteroatoms. The maximum Gasteiger partial charge on any atom is 0.338 e. The SMILES string of the molecule is CCOC(=O)C(O)C(O)c1cccc(N)c1C#N. The van der Waals surface area contributed by atoms with Gasteiger partial charge in [-0.15, -0.1) is 0 Å². The van der Waals surface area contributed by atoms with Crippen LogP contribution in [0.4, 0.5) is 5.69 Å². The lowest BCUT2D eigenvalue weighted by Gasteiger charge is -2.18. The molecule has 6 nitrogen and oxygen atoms in total. The minimum absolute atomic E-state index is 0.0355. The molecule has 0 fully saturated rings. The molecule has 1 rings (SSSR count). The lowest BCUT2D eigenvalue weighted by molar-refractivity contribution is -0.159. The Kier molecular flexibility index (Phi) is 4.66. The van der Waals surface area contributed by atoms with Crippen LogP contribution in [0.25, 0.3) is 0 Å². The molecule has 0 heterocycles. The molecule has 0 aliphatic rings. The fourth-order valence-electron chi connectivity index (χ4n) is 1.49. The van der Waals surface area contributed by atoms with Crippen molar-refractivity contribution in [2.75, 3.05) is 12.3 Å². The molecule has 0 amide bonds. The molecule has 0 spiro atoms. The highest BCUT2D eigenvalue weighted by molar-refractivity contribution is 5.76. The van der Waals surface area contributed by atoms with Crippen LogP contribution in [0.15, 0.2) is 18.2 Å². The molecule has 2 unspecified atom stereocenters. The fraction of sp³-hybridized carbons (Fsp3) is 0.333. The zero-order valence-corrected chi connectivity index (χ0v) is 9.83. The summed E-state index contributed by atoms with van der Waals surface area (Å²) in [6.07, 6.45) is -3.30. The van der Waals surface area contributed by atoms with Crippen molar-refractivity contribution >= 4 is 11.7 Å². The van der Waals surface area contributed by atoms with Crippen LogP contribution in [-0.4, -0.2) is 28.9 Å².